The maximum Gasteiger partial charge on any atom is 0.257 e. The van der Waals surface area contributed by atoms with Crippen LogP contribution in [0.5, 0.6) is 5.75 Å². The van der Waals surface area contributed by atoms with Crippen molar-refractivity contribution in [3.05, 3.63) is 59.9 Å². The summed E-state index contributed by atoms with van der Waals surface area (Å²) in [4.78, 5) is 13.8. The smallest absolute Gasteiger partial charge is 0.257 e. The van der Waals surface area contributed by atoms with E-state index in [-0.39, 0.29) is 0 Å². The first-order valence-electron chi connectivity index (χ1n) is 11.7. The summed E-state index contributed by atoms with van der Waals surface area (Å²) < 4.78 is 5.32. The number of guanidine groups is 1. The van der Waals surface area contributed by atoms with E-state index in [2.05, 4.69) is 44.3 Å². The summed E-state index contributed by atoms with van der Waals surface area (Å²) in [6.07, 6.45) is 1.62. The summed E-state index contributed by atoms with van der Waals surface area (Å²) in [5, 5.41) is 17.5. The Kier molecular flexibility index (Phi) is 7.44. The fourth-order valence-corrected chi connectivity index (χ4v) is 3.94. The minimum Gasteiger partial charge on any atom is -0.506 e. The average Bonchev–Trinajstić information content (AvgIpc) is 3.34. The van der Waals surface area contributed by atoms with Crippen molar-refractivity contribution >= 4 is 11.6 Å². The third-order valence-corrected chi connectivity index (χ3v) is 5.78. The molecule has 2 N–H and O–H groups in total. The number of benzene rings is 2. The molecule has 33 heavy (non-hydrogen) atoms. The number of aryl methyl sites for hydroxylation is 1. The van der Waals surface area contributed by atoms with Crippen molar-refractivity contribution in [3.63, 3.8) is 0 Å². The zero-order valence-corrected chi connectivity index (χ0v) is 19.4. The van der Waals surface area contributed by atoms with Gasteiger partial charge in [-0.3, -0.25) is 4.99 Å². The molecule has 174 valence electrons. The van der Waals surface area contributed by atoms with E-state index in [1.54, 1.807) is 6.07 Å². The maximum atomic E-state index is 10.1. The Morgan fingerprint density at radius 2 is 1.82 bits per heavy atom. The van der Waals surface area contributed by atoms with Gasteiger partial charge in [-0.05, 0) is 43.2 Å². The van der Waals surface area contributed by atoms with Gasteiger partial charge in [-0.15, -0.1) is 0 Å². The monoisotopic (exact) mass is 448 g/mol. The second-order valence-electron chi connectivity index (χ2n) is 8.01. The summed E-state index contributed by atoms with van der Waals surface area (Å²) in [5.41, 5.74) is 3.05. The van der Waals surface area contributed by atoms with Crippen LogP contribution in [-0.4, -0.2) is 65.4 Å². The Morgan fingerprint density at radius 3 is 2.48 bits per heavy atom. The molecule has 1 aromatic heterocycles. The van der Waals surface area contributed by atoms with Crippen LogP contribution in [0.15, 0.2) is 58.0 Å². The van der Waals surface area contributed by atoms with E-state index in [0.717, 1.165) is 68.6 Å². The minimum absolute atomic E-state index is 0.336. The van der Waals surface area contributed by atoms with E-state index in [4.69, 9.17) is 9.52 Å². The Balaban J connectivity index is 1.32. The quantitative estimate of drug-likeness (QED) is 0.423. The van der Waals surface area contributed by atoms with Gasteiger partial charge in [0.05, 0.1) is 5.69 Å². The number of nitrogens with zero attached hydrogens (tertiary/aromatic N) is 5. The third kappa shape index (κ3) is 5.63. The summed E-state index contributed by atoms with van der Waals surface area (Å²) in [6, 6.07) is 15.8. The van der Waals surface area contributed by atoms with Gasteiger partial charge >= 0.3 is 0 Å². The molecule has 0 aliphatic carbocycles. The number of hydrogen-bond acceptors (Lipinski definition) is 6. The highest BCUT2D eigenvalue weighted by atomic mass is 16.5. The van der Waals surface area contributed by atoms with Gasteiger partial charge < -0.3 is 24.7 Å². The first-order valence-corrected chi connectivity index (χ1v) is 11.7. The van der Waals surface area contributed by atoms with E-state index in [1.165, 1.54) is 5.56 Å². The Morgan fingerprint density at radius 1 is 1.06 bits per heavy atom. The molecule has 4 rings (SSSR count). The molecule has 0 bridgehead atoms. The van der Waals surface area contributed by atoms with Crippen LogP contribution >= 0.6 is 0 Å². The Labute approximate surface area is 194 Å². The Hall–Kier alpha value is -3.55. The number of hydrogen-bond donors (Lipinski definition) is 2. The number of rotatable bonds is 7. The lowest BCUT2D eigenvalue weighted by atomic mass is 10.1. The highest BCUT2D eigenvalue weighted by Gasteiger charge is 2.21. The van der Waals surface area contributed by atoms with Crippen molar-refractivity contribution in [2.75, 3.05) is 44.2 Å². The summed E-state index contributed by atoms with van der Waals surface area (Å²) in [6.45, 7) is 9.05. The number of para-hydroxylation sites is 2. The zero-order valence-electron chi connectivity index (χ0n) is 19.4. The van der Waals surface area contributed by atoms with Crippen molar-refractivity contribution in [1.82, 2.24) is 20.4 Å². The van der Waals surface area contributed by atoms with Gasteiger partial charge in [0.25, 0.3) is 5.89 Å². The molecule has 0 atom stereocenters. The number of aromatic nitrogens is 2. The number of phenolic OH excluding ortho intramolecular Hbond substituents is 1. The molecule has 0 saturated carbocycles. The average molecular weight is 449 g/mol. The van der Waals surface area contributed by atoms with E-state index in [1.807, 2.05) is 37.3 Å². The summed E-state index contributed by atoms with van der Waals surface area (Å²) in [7, 11) is 0. The molecule has 8 nitrogen and oxygen atoms in total. The van der Waals surface area contributed by atoms with Crippen molar-refractivity contribution in [2.45, 2.75) is 26.7 Å². The summed E-state index contributed by atoms with van der Waals surface area (Å²) >= 11 is 0. The minimum atomic E-state index is 0.336. The number of aliphatic imine (C=N–C) groups is 1. The molecule has 0 amide bonds. The van der Waals surface area contributed by atoms with Gasteiger partial charge in [0.2, 0.25) is 0 Å². The molecule has 1 aliphatic rings. The van der Waals surface area contributed by atoms with Crippen LogP contribution in [0.4, 0.5) is 5.69 Å². The molecule has 1 fully saturated rings. The molecule has 2 heterocycles. The van der Waals surface area contributed by atoms with Crippen LogP contribution in [-0.2, 0) is 12.8 Å². The molecule has 0 spiro atoms. The third-order valence-electron chi connectivity index (χ3n) is 5.78. The SMILES string of the molecule is CCNC(=NCCc1ccc(-c2nc(CC)no2)cc1)N1CCN(c2ccccc2O)CC1. The topological polar surface area (TPSA) is 90.0 Å². The molecule has 0 radical (unpaired) electrons. The van der Waals surface area contributed by atoms with Crippen molar-refractivity contribution in [3.8, 4) is 17.2 Å². The predicted molar refractivity (Wildman–Crippen MR) is 131 cm³/mol. The lowest BCUT2D eigenvalue weighted by molar-refractivity contribution is 0.370. The zero-order chi connectivity index (χ0) is 23.0. The number of aromatic hydroxyl groups is 1. The highest BCUT2D eigenvalue weighted by Crippen LogP contribution is 2.27. The van der Waals surface area contributed by atoms with E-state index in [9.17, 15) is 5.11 Å². The first kappa shape index (κ1) is 22.6. The molecule has 3 aromatic rings. The number of anilines is 1. The normalized spacial score (nSPS) is 14.5. The number of phenols is 1. The molecule has 2 aromatic carbocycles. The van der Waals surface area contributed by atoms with Crippen LogP contribution < -0.4 is 10.2 Å². The molecule has 0 unspecified atom stereocenters. The van der Waals surface area contributed by atoms with E-state index < -0.39 is 0 Å². The molecule has 8 heteroatoms. The van der Waals surface area contributed by atoms with Crippen molar-refractivity contribution in [2.24, 2.45) is 4.99 Å². The van der Waals surface area contributed by atoms with Gasteiger partial charge in [-0.25, -0.2) is 0 Å². The van der Waals surface area contributed by atoms with Crippen LogP contribution in [0, 0.1) is 0 Å². The fourth-order valence-electron chi connectivity index (χ4n) is 3.94. The van der Waals surface area contributed by atoms with E-state index >= 15 is 0 Å². The highest BCUT2D eigenvalue weighted by molar-refractivity contribution is 5.80. The molecule has 1 saturated heterocycles. The molecule has 1 aliphatic heterocycles. The summed E-state index contributed by atoms with van der Waals surface area (Å²) in [5.74, 6) is 2.57. The van der Waals surface area contributed by atoms with Gasteiger partial charge in [-0.1, -0.05) is 36.3 Å². The van der Waals surface area contributed by atoms with Gasteiger partial charge in [0, 0.05) is 51.3 Å². The molecular weight excluding hydrogens is 416 g/mol. The number of nitrogens with one attached hydrogen (secondary N) is 1. The van der Waals surface area contributed by atoms with Crippen LogP contribution in [0.3, 0.4) is 0 Å². The van der Waals surface area contributed by atoms with Crippen LogP contribution in [0.2, 0.25) is 0 Å². The lowest BCUT2D eigenvalue weighted by Gasteiger charge is -2.37. The van der Waals surface area contributed by atoms with Crippen molar-refractivity contribution in [1.29, 1.82) is 0 Å². The Bertz CT molecular complexity index is 1050. The van der Waals surface area contributed by atoms with Gasteiger partial charge in [0.15, 0.2) is 11.8 Å². The number of piperazine rings is 1. The van der Waals surface area contributed by atoms with E-state index in [0.29, 0.717) is 18.2 Å². The largest absolute Gasteiger partial charge is 0.506 e. The lowest BCUT2D eigenvalue weighted by Crippen LogP contribution is -2.52. The van der Waals surface area contributed by atoms with Gasteiger partial charge in [-0.2, -0.15) is 4.98 Å². The van der Waals surface area contributed by atoms with Crippen LogP contribution in [0.1, 0.15) is 25.2 Å². The second kappa shape index (κ2) is 10.8. The first-order chi connectivity index (χ1) is 16.2. The predicted octanol–water partition coefficient (Wildman–Crippen LogP) is 3.33. The van der Waals surface area contributed by atoms with Crippen molar-refractivity contribution < 1.29 is 9.63 Å². The molecular formula is C25H32N6O2. The standard InChI is InChI=1S/C25H32N6O2/c1-3-23-28-24(33-29-23)20-11-9-19(10-12-20)13-14-27-25(26-4-2)31-17-15-30(16-18-31)21-7-5-6-8-22(21)32/h5-12,32H,3-4,13-18H2,1-2H3,(H,26,27). The van der Waals surface area contributed by atoms with Gasteiger partial charge in [0.1, 0.15) is 5.75 Å². The maximum absolute atomic E-state index is 10.1. The fraction of sp³-hybridized carbons (Fsp3) is 0.400. The second-order valence-corrected chi connectivity index (χ2v) is 8.01. The van der Waals surface area contributed by atoms with Crippen LogP contribution in [0.25, 0.3) is 11.5 Å².